The molecule has 0 atom stereocenters. The summed E-state index contributed by atoms with van der Waals surface area (Å²) in [6.07, 6.45) is 19.9. The molecule has 2 nitrogen and oxygen atoms in total. The summed E-state index contributed by atoms with van der Waals surface area (Å²) in [5.74, 6) is 0. The van der Waals surface area contributed by atoms with E-state index in [2.05, 4.69) is 37.3 Å². The number of hydrogen-bond acceptors (Lipinski definition) is 2. The molecule has 0 unspecified atom stereocenters. The molecule has 0 aromatic heterocycles. The molecule has 0 saturated carbocycles. The standard InChI is InChI=1S/C18H32O2/c1-4-7-8-9-10-11-12-13-14-15-16-17-18(19-5-2)20-6-3/h10-11,13-14,16-18H,4-9,12,15H2,1-3H3/b11-10-,14-13-,17-16-. The van der Waals surface area contributed by atoms with Crippen molar-refractivity contribution in [3.8, 4) is 0 Å². The van der Waals surface area contributed by atoms with Crippen LogP contribution in [0.5, 0.6) is 0 Å². The van der Waals surface area contributed by atoms with E-state index in [1.807, 2.05) is 19.9 Å². The highest BCUT2D eigenvalue weighted by Gasteiger charge is 2.00. The van der Waals surface area contributed by atoms with Crippen molar-refractivity contribution in [1.29, 1.82) is 0 Å². The second kappa shape index (κ2) is 16.2. The van der Waals surface area contributed by atoms with Crippen molar-refractivity contribution in [3.05, 3.63) is 36.5 Å². The van der Waals surface area contributed by atoms with E-state index in [1.54, 1.807) is 0 Å². The molecule has 0 amide bonds. The van der Waals surface area contributed by atoms with Crippen LogP contribution in [0.1, 0.15) is 59.3 Å². The van der Waals surface area contributed by atoms with E-state index in [1.165, 1.54) is 25.7 Å². The molecule has 0 aliphatic rings. The number of ether oxygens (including phenoxy) is 2. The smallest absolute Gasteiger partial charge is 0.176 e. The van der Waals surface area contributed by atoms with Crippen molar-refractivity contribution in [1.82, 2.24) is 0 Å². The third kappa shape index (κ3) is 13.6. The highest BCUT2D eigenvalue weighted by Crippen LogP contribution is 2.01. The van der Waals surface area contributed by atoms with Crippen molar-refractivity contribution in [2.45, 2.75) is 65.6 Å². The lowest BCUT2D eigenvalue weighted by molar-refractivity contribution is -0.104. The van der Waals surface area contributed by atoms with Crippen molar-refractivity contribution in [2.24, 2.45) is 0 Å². The van der Waals surface area contributed by atoms with Crippen LogP contribution in [0.25, 0.3) is 0 Å². The minimum atomic E-state index is -0.197. The van der Waals surface area contributed by atoms with Crippen LogP contribution in [0.2, 0.25) is 0 Å². The molecule has 0 fully saturated rings. The first-order valence-corrected chi connectivity index (χ1v) is 8.04. The molecule has 0 saturated heterocycles. The molecule has 0 aromatic rings. The molecule has 0 aromatic carbocycles. The van der Waals surface area contributed by atoms with E-state index in [4.69, 9.17) is 9.47 Å². The Morgan fingerprint density at radius 3 is 1.95 bits per heavy atom. The van der Waals surface area contributed by atoms with Gasteiger partial charge in [0.25, 0.3) is 0 Å². The van der Waals surface area contributed by atoms with E-state index in [-0.39, 0.29) is 6.29 Å². The summed E-state index contributed by atoms with van der Waals surface area (Å²) in [6.45, 7) is 7.54. The van der Waals surface area contributed by atoms with E-state index in [0.717, 1.165) is 12.8 Å². The molecular formula is C18H32O2. The Hall–Kier alpha value is -0.860. The number of unbranched alkanes of at least 4 members (excludes halogenated alkanes) is 3. The fourth-order valence-corrected chi connectivity index (χ4v) is 1.75. The number of allylic oxidation sites excluding steroid dienone is 5. The third-order valence-corrected chi connectivity index (χ3v) is 2.81. The monoisotopic (exact) mass is 280 g/mol. The number of rotatable bonds is 13. The number of hydrogen-bond donors (Lipinski definition) is 0. The lowest BCUT2D eigenvalue weighted by Gasteiger charge is -2.11. The van der Waals surface area contributed by atoms with Crippen molar-refractivity contribution in [2.75, 3.05) is 13.2 Å². The average molecular weight is 280 g/mol. The van der Waals surface area contributed by atoms with Gasteiger partial charge in [-0.3, -0.25) is 0 Å². The van der Waals surface area contributed by atoms with E-state index >= 15 is 0 Å². The van der Waals surface area contributed by atoms with Crippen molar-refractivity contribution >= 4 is 0 Å². The van der Waals surface area contributed by atoms with Crippen molar-refractivity contribution < 1.29 is 9.47 Å². The van der Waals surface area contributed by atoms with Crippen LogP contribution < -0.4 is 0 Å². The normalized spacial score (nSPS) is 12.6. The first-order valence-electron chi connectivity index (χ1n) is 8.04. The van der Waals surface area contributed by atoms with Crippen LogP contribution in [0.3, 0.4) is 0 Å². The van der Waals surface area contributed by atoms with Gasteiger partial charge >= 0.3 is 0 Å². The third-order valence-electron chi connectivity index (χ3n) is 2.81. The summed E-state index contributed by atoms with van der Waals surface area (Å²) < 4.78 is 10.9. The molecule has 0 bridgehead atoms. The summed E-state index contributed by atoms with van der Waals surface area (Å²) in [5.41, 5.74) is 0. The minimum absolute atomic E-state index is 0.197. The Kier molecular flexibility index (Phi) is 15.5. The largest absolute Gasteiger partial charge is 0.349 e. The van der Waals surface area contributed by atoms with Gasteiger partial charge < -0.3 is 9.47 Å². The summed E-state index contributed by atoms with van der Waals surface area (Å²) in [7, 11) is 0. The molecule has 0 aliphatic heterocycles. The van der Waals surface area contributed by atoms with Crippen LogP contribution >= 0.6 is 0 Å². The average Bonchev–Trinajstić information content (AvgIpc) is 2.45. The second-order valence-electron chi connectivity index (χ2n) is 4.62. The fraction of sp³-hybridized carbons (Fsp3) is 0.667. The topological polar surface area (TPSA) is 18.5 Å². The van der Waals surface area contributed by atoms with E-state index < -0.39 is 0 Å². The fourth-order valence-electron chi connectivity index (χ4n) is 1.75. The van der Waals surface area contributed by atoms with Crippen LogP contribution in [0, 0.1) is 0 Å². The Bertz CT molecular complexity index is 261. The maximum atomic E-state index is 5.43. The van der Waals surface area contributed by atoms with Gasteiger partial charge in [0.05, 0.1) is 0 Å². The molecule has 0 N–H and O–H groups in total. The Labute approximate surface area is 125 Å². The summed E-state index contributed by atoms with van der Waals surface area (Å²) >= 11 is 0. The van der Waals surface area contributed by atoms with Gasteiger partial charge in [-0.1, -0.05) is 50.1 Å². The molecule has 116 valence electrons. The Morgan fingerprint density at radius 2 is 1.35 bits per heavy atom. The highest BCUT2D eigenvalue weighted by atomic mass is 16.7. The lowest BCUT2D eigenvalue weighted by atomic mass is 10.2. The Balaban J connectivity index is 3.63. The van der Waals surface area contributed by atoms with Gasteiger partial charge in [0, 0.05) is 13.2 Å². The van der Waals surface area contributed by atoms with Gasteiger partial charge in [-0.05, 0) is 45.6 Å². The molecule has 0 rings (SSSR count). The summed E-state index contributed by atoms with van der Waals surface area (Å²) in [4.78, 5) is 0. The predicted molar refractivity (Wildman–Crippen MR) is 87.8 cm³/mol. The maximum absolute atomic E-state index is 5.43. The SMILES string of the molecule is CCCCC/C=C\C/C=C\C/C=C\C(OCC)OCC. The van der Waals surface area contributed by atoms with Gasteiger partial charge in [0.15, 0.2) is 6.29 Å². The van der Waals surface area contributed by atoms with Gasteiger partial charge in [-0.25, -0.2) is 0 Å². The second-order valence-corrected chi connectivity index (χ2v) is 4.62. The first kappa shape index (κ1) is 19.1. The molecule has 0 heterocycles. The van der Waals surface area contributed by atoms with E-state index in [9.17, 15) is 0 Å². The predicted octanol–water partition coefficient (Wildman–Crippen LogP) is 5.41. The molecule has 20 heavy (non-hydrogen) atoms. The van der Waals surface area contributed by atoms with Gasteiger partial charge in [-0.15, -0.1) is 0 Å². The molecule has 0 aliphatic carbocycles. The maximum Gasteiger partial charge on any atom is 0.176 e. The van der Waals surface area contributed by atoms with Crippen LogP contribution in [0.15, 0.2) is 36.5 Å². The summed E-state index contributed by atoms with van der Waals surface area (Å²) in [5, 5.41) is 0. The van der Waals surface area contributed by atoms with E-state index in [0.29, 0.717) is 13.2 Å². The van der Waals surface area contributed by atoms with Crippen LogP contribution in [0.4, 0.5) is 0 Å². The van der Waals surface area contributed by atoms with Gasteiger partial charge in [0.2, 0.25) is 0 Å². The lowest BCUT2D eigenvalue weighted by Crippen LogP contribution is -2.13. The van der Waals surface area contributed by atoms with Gasteiger partial charge in [0.1, 0.15) is 0 Å². The molecule has 2 heteroatoms. The zero-order valence-corrected chi connectivity index (χ0v) is 13.5. The van der Waals surface area contributed by atoms with Crippen molar-refractivity contribution in [3.63, 3.8) is 0 Å². The zero-order valence-electron chi connectivity index (χ0n) is 13.5. The summed E-state index contributed by atoms with van der Waals surface area (Å²) in [6, 6.07) is 0. The van der Waals surface area contributed by atoms with Gasteiger partial charge in [-0.2, -0.15) is 0 Å². The zero-order chi connectivity index (χ0) is 14.9. The first-order chi connectivity index (χ1) is 9.85. The quantitative estimate of drug-likeness (QED) is 0.255. The highest BCUT2D eigenvalue weighted by molar-refractivity contribution is 4.98. The molecule has 0 spiro atoms. The molecular weight excluding hydrogens is 248 g/mol. The molecule has 0 radical (unpaired) electrons. The Morgan fingerprint density at radius 1 is 0.750 bits per heavy atom. The van der Waals surface area contributed by atoms with Crippen LogP contribution in [-0.2, 0) is 9.47 Å². The minimum Gasteiger partial charge on any atom is -0.349 e. The van der Waals surface area contributed by atoms with Crippen LogP contribution in [-0.4, -0.2) is 19.5 Å².